The lowest BCUT2D eigenvalue weighted by atomic mass is 10.0. The Balaban J connectivity index is 2.01. The van der Waals surface area contributed by atoms with Crippen molar-refractivity contribution >= 4 is 27.5 Å². The number of methoxy groups -OCH3 is 1. The number of rotatable bonds is 12. The number of halogens is 1. The molecule has 1 atom stereocenters. The van der Waals surface area contributed by atoms with Crippen LogP contribution in [0.15, 0.2) is 78.9 Å². The molecule has 1 N–H and O–H groups in total. The van der Waals surface area contributed by atoms with Crippen LogP contribution < -0.4 is 14.4 Å². The van der Waals surface area contributed by atoms with Crippen LogP contribution in [0.1, 0.15) is 18.1 Å². The van der Waals surface area contributed by atoms with Crippen LogP contribution in [0.3, 0.4) is 0 Å². The summed E-state index contributed by atoms with van der Waals surface area (Å²) in [7, 11) is -2.37. The number of carbonyl (C=O) groups is 2. The zero-order valence-corrected chi connectivity index (χ0v) is 22.4. The molecule has 8 nitrogen and oxygen atoms in total. The summed E-state index contributed by atoms with van der Waals surface area (Å²) in [6.07, 6.45) is 1.22. The number of amides is 2. The minimum atomic E-state index is -3.86. The third-order valence-electron chi connectivity index (χ3n) is 5.93. The minimum absolute atomic E-state index is 0.0199. The van der Waals surface area contributed by atoms with Crippen molar-refractivity contribution in [1.29, 1.82) is 0 Å². The molecule has 0 aliphatic heterocycles. The van der Waals surface area contributed by atoms with Crippen molar-refractivity contribution in [2.75, 3.05) is 30.8 Å². The topological polar surface area (TPSA) is 96.0 Å². The zero-order valence-electron chi connectivity index (χ0n) is 21.6. The van der Waals surface area contributed by atoms with E-state index in [0.717, 1.165) is 16.1 Å². The molecule has 0 aromatic heterocycles. The minimum Gasteiger partial charge on any atom is -0.497 e. The molecule has 0 fully saturated rings. The van der Waals surface area contributed by atoms with Crippen molar-refractivity contribution in [3.63, 3.8) is 0 Å². The summed E-state index contributed by atoms with van der Waals surface area (Å²) in [5, 5.41) is 2.79. The van der Waals surface area contributed by atoms with E-state index < -0.39 is 34.3 Å². The van der Waals surface area contributed by atoms with Crippen molar-refractivity contribution in [1.82, 2.24) is 10.2 Å². The molecule has 3 aromatic carbocycles. The lowest BCUT2D eigenvalue weighted by Gasteiger charge is -2.33. The maximum Gasteiger partial charge on any atom is 0.244 e. The fourth-order valence-electron chi connectivity index (χ4n) is 3.99. The van der Waals surface area contributed by atoms with Crippen LogP contribution in [0, 0.1) is 5.82 Å². The van der Waals surface area contributed by atoms with Crippen molar-refractivity contribution in [3.05, 3.63) is 95.8 Å². The fraction of sp³-hybridized carbons (Fsp3) is 0.286. The standard InChI is InChI=1S/C28H32FN3O5S/c1-4-30-28(34)26(18-21-8-6-5-7-9-21)31(19-22-10-12-23(29)13-11-22)27(33)20-32(38(3,35)36)24-14-16-25(37-2)17-15-24/h5-17,26H,4,18-20H2,1-3H3,(H,30,34)/t26-/m1/s1. The van der Waals surface area contributed by atoms with E-state index in [1.807, 2.05) is 30.3 Å². The van der Waals surface area contributed by atoms with E-state index in [2.05, 4.69) is 5.32 Å². The third-order valence-corrected chi connectivity index (χ3v) is 7.07. The smallest absolute Gasteiger partial charge is 0.244 e. The van der Waals surface area contributed by atoms with Gasteiger partial charge in [-0.25, -0.2) is 12.8 Å². The molecule has 0 saturated carbocycles. The molecule has 2 amide bonds. The predicted octanol–water partition coefficient (Wildman–Crippen LogP) is 3.38. The van der Waals surface area contributed by atoms with Gasteiger partial charge in [-0.05, 0) is 54.4 Å². The molecule has 0 spiro atoms. The normalized spacial score (nSPS) is 11.9. The molecule has 0 bridgehead atoms. The summed E-state index contributed by atoms with van der Waals surface area (Å²) in [6.45, 7) is 1.58. The summed E-state index contributed by atoms with van der Waals surface area (Å²) in [6, 6.07) is 20.2. The highest BCUT2D eigenvalue weighted by atomic mass is 32.2. The highest BCUT2D eigenvalue weighted by molar-refractivity contribution is 7.92. The molecule has 0 aliphatic rings. The fourth-order valence-corrected chi connectivity index (χ4v) is 4.84. The zero-order chi connectivity index (χ0) is 27.7. The number of hydrogen-bond acceptors (Lipinski definition) is 5. The number of likely N-dealkylation sites (N-methyl/N-ethyl adjacent to an activating group) is 1. The van der Waals surface area contributed by atoms with E-state index >= 15 is 0 Å². The number of hydrogen-bond donors (Lipinski definition) is 1. The molecular weight excluding hydrogens is 509 g/mol. The van der Waals surface area contributed by atoms with Crippen molar-refractivity contribution in [2.45, 2.75) is 25.9 Å². The predicted molar refractivity (Wildman–Crippen MR) is 145 cm³/mol. The molecule has 10 heteroatoms. The second-order valence-electron chi connectivity index (χ2n) is 8.72. The van der Waals surface area contributed by atoms with Crippen LogP contribution in [0.2, 0.25) is 0 Å². The van der Waals surface area contributed by atoms with Gasteiger partial charge >= 0.3 is 0 Å². The van der Waals surface area contributed by atoms with Crippen molar-refractivity contribution < 1.29 is 27.1 Å². The lowest BCUT2D eigenvalue weighted by Crippen LogP contribution is -2.53. The van der Waals surface area contributed by atoms with Gasteiger partial charge in [-0.1, -0.05) is 42.5 Å². The van der Waals surface area contributed by atoms with E-state index in [1.165, 1.54) is 36.3 Å². The number of benzene rings is 3. The van der Waals surface area contributed by atoms with Crippen LogP contribution >= 0.6 is 0 Å². The van der Waals surface area contributed by atoms with Crippen LogP contribution in [0.25, 0.3) is 0 Å². The summed E-state index contributed by atoms with van der Waals surface area (Å²) in [5.74, 6) is -0.852. The highest BCUT2D eigenvalue weighted by Gasteiger charge is 2.32. The van der Waals surface area contributed by atoms with E-state index in [0.29, 0.717) is 17.9 Å². The van der Waals surface area contributed by atoms with Crippen LogP contribution in [0.5, 0.6) is 5.75 Å². The maximum absolute atomic E-state index is 13.8. The number of anilines is 1. The molecule has 202 valence electrons. The number of nitrogens with zero attached hydrogens (tertiary/aromatic N) is 2. The van der Waals surface area contributed by atoms with Crippen molar-refractivity contribution in [3.8, 4) is 5.75 Å². The van der Waals surface area contributed by atoms with Crippen molar-refractivity contribution in [2.24, 2.45) is 0 Å². The Morgan fingerprint density at radius 2 is 1.58 bits per heavy atom. The first-order chi connectivity index (χ1) is 18.1. The summed E-state index contributed by atoms with van der Waals surface area (Å²) in [5.41, 5.74) is 1.70. The van der Waals surface area contributed by atoms with Gasteiger partial charge in [-0.15, -0.1) is 0 Å². The Kier molecular flexibility index (Phi) is 9.84. The van der Waals surface area contributed by atoms with Gasteiger partial charge < -0.3 is 15.0 Å². The summed E-state index contributed by atoms with van der Waals surface area (Å²) in [4.78, 5) is 28.5. The first-order valence-corrected chi connectivity index (χ1v) is 13.9. The second-order valence-corrected chi connectivity index (χ2v) is 10.6. The number of nitrogens with one attached hydrogen (secondary N) is 1. The SMILES string of the molecule is CCNC(=O)[C@@H](Cc1ccccc1)N(Cc1ccc(F)cc1)C(=O)CN(c1ccc(OC)cc1)S(C)(=O)=O. The first-order valence-electron chi connectivity index (χ1n) is 12.1. The molecular formula is C28H32FN3O5S. The van der Waals surface area contributed by atoms with Gasteiger partial charge in [0.05, 0.1) is 19.1 Å². The summed E-state index contributed by atoms with van der Waals surface area (Å²) < 4.78 is 45.2. The monoisotopic (exact) mass is 541 g/mol. The van der Waals surface area contributed by atoms with E-state index in [9.17, 15) is 22.4 Å². The van der Waals surface area contributed by atoms with Gasteiger partial charge in [0.2, 0.25) is 21.8 Å². The van der Waals surface area contributed by atoms with Gasteiger partial charge in [-0.3, -0.25) is 13.9 Å². The van der Waals surface area contributed by atoms with Crippen LogP contribution in [-0.2, 0) is 32.6 Å². The van der Waals surface area contributed by atoms with Gasteiger partial charge in [0.15, 0.2) is 0 Å². The van der Waals surface area contributed by atoms with Crippen LogP contribution in [0.4, 0.5) is 10.1 Å². The molecule has 0 unspecified atom stereocenters. The Morgan fingerprint density at radius 3 is 2.13 bits per heavy atom. The number of ether oxygens (including phenoxy) is 1. The molecule has 3 rings (SSSR count). The third kappa shape index (κ3) is 7.79. The molecule has 0 aliphatic carbocycles. The Hall–Kier alpha value is -3.92. The Morgan fingerprint density at radius 1 is 0.947 bits per heavy atom. The lowest BCUT2D eigenvalue weighted by molar-refractivity contribution is -0.140. The van der Waals surface area contributed by atoms with Gasteiger partial charge in [0.25, 0.3) is 0 Å². The maximum atomic E-state index is 13.8. The Labute approximate surface area is 223 Å². The molecule has 0 radical (unpaired) electrons. The second kappa shape index (κ2) is 13.0. The number of carbonyl (C=O) groups excluding carboxylic acids is 2. The number of sulfonamides is 1. The quantitative estimate of drug-likeness (QED) is 0.379. The van der Waals surface area contributed by atoms with E-state index in [4.69, 9.17) is 4.74 Å². The average Bonchev–Trinajstić information content (AvgIpc) is 2.90. The van der Waals surface area contributed by atoms with Gasteiger partial charge in [-0.2, -0.15) is 0 Å². The highest BCUT2D eigenvalue weighted by Crippen LogP contribution is 2.23. The Bertz CT molecular complexity index is 1320. The molecule has 0 saturated heterocycles. The largest absolute Gasteiger partial charge is 0.497 e. The van der Waals surface area contributed by atoms with E-state index in [1.54, 1.807) is 31.2 Å². The average molecular weight is 542 g/mol. The van der Waals surface area contributed by atoms with Gasteiger partial charge in [0.1, 0.15) is 24.2 Å². The van der Waals surface area contributed by atoms with E-state index in [-0.39, 0.29) is 24.6 Å². The first kappa shape index (κ1) is 28.6. The summed E-state index contributed by atoms with van der Waals surface area (Å²) >= 11 is 0. The van der Waals surface area contributed by atoms with Gasteiger partial charge in [0, 0.05) is 19.5 Å². The van der Waals surface area contributed by atoms with Crippen LogP contribution in [-0.4, -0.2) is 57.6 Å². The molecule has 0 heterocycles. The molecule has 3 aromatic rings. The molecule has 38 heavy (non-hydrogen) atoms.